The Morgan fingerprint density at radius 1 is 1.50 bits per heavy atom. The summed E-state index contributed by atoms with van der Waals surface area (Å²) >= 11 is 6.37. The molecular weight excluding hydrogens is 253 g/mol. The Labute approximate surface area is 117 Å². The molecule has 0 amide bonds. The Morgan fingerprint density at radius 2 is 2.00 bits per heavy atom. The topological polar surface area (TPSA) is 57.6 Å². The molecule has 0 saturated heterocycles. The zero-order valence-corrected chi connectivity index (χ0v) is 10.0. The summed E-state index contributed by atoms with van der Waals surface area (Å²) in [5.74, 6) is 0.410. The van der Waals surface area contributed by atoms with E-state index in [0.29, 0.717) is 12.2 Å². The van der Waals surface area contributed by atoms with E-state index in [9.17, 15) is 8.42 Å². The van der Waals surface area contributed by atoms with Crippen LogP contribution in [0.1, 0.15) is 6.42 Å². The van der Waals surface area contributed by atoms with E-state index in [4.69, 9.17) is 16.8 Å². The van der Waals surface area contributed by atoms with Crippen LogP contribution >= 0.6 is 24.0 Å². The molecular formula is C6H14NNaO3S3. The van der Waals surface area contributed by atoms with Gasteiger partial charge in [0.1, 0.15) is 4.32 Å². The zero-order valence-electron chi connectivity index (χ0n) is 7.56. The third kappa shape index (κ3) is 11.2. The van der Waals surface area contributed by atoms with Gasteiger partial charge in [-0.05, 0) is 6.42 Å². The van der Waals surface area contributed by atoms with Gasteiger partial charge in [-0.3, -0.25) is 4.55 Å². The van der Waals surface area contributed by atoms with Crippen LogP contribution in [0.15, 0.2) is 0 Å². The van der Waals surface area contributed by atoms with Gasteiger partial charge in [0.2, 0.25) is 0 Å². The number of thioether (sulfide) groups is 1. The molecule has 0 aromatic rings. The van der Waals surface area contributed by atoms with E-state index in [1.165, 1.54) is 11.8 Å². The number of nitrogens with zero attached hydrogens (tertiary/aromatic N) is 1. The summed E-state index contributed by atoms with van der Waals surface area (Å²) in [6.45, 7) is 0. The summed E-state index contributed by atoms with van der Waals surface area (Å²) in [5, 5.41) is 0. The number of rotatable bonds is 4. The van der Waals surface area contributed by atoms with Crippen molar-refractivity contribution in [3.8, 4) is 0 Å². The second-order valence-corrected chi connectivity index (χ2v) is 5.95. The molecule has 0 bridgehead atoms. The maximum absolute atomic E-state index is 10.3. The van der Waals surface area contributed by atoms with Gasteiger partial charge in [-0.15, -0.1) is 0 Å². The van der Waals surface area contributed by atoms with Gasteiger partial charge in [0.25, 0.3) is 10.1 Å². The van der Waals surface area contributed by atoms with Crippen molar-refractivity contribution in [3.63, 3.8) is 0 Å². The summed E-state index contributed by atoms with van der Waals surface area (Å²) < 4.78 is 29.8. The van der Waals surface area contributed by atoms with E-state index in [1.54, 1.807) is 4.90 Å². The Hall–Kier alpha value is 1.15. The van der Waals surface area contributed by atoms with Crippen molar-refractivity contribution in [1.82, 2.24) is 4.90 Å². The first-order chi connectivity index (χ1) is 5.83. The molecule has 8 heteroatoms. The number of hydrogen-bond acceptors (Lipinski definition) is 4. The van der Waals surface area contributed by atoms with Crippen LogP contribution in [0.4, 0.5) is 0 Å². The molecule has 0 unspecified atom stereocenters. The molecule has 0 spiro atoms. The van der Waals surface area contributed by atoms with E-state index in [-0.39, 0.29) is 35.3 Å². The molecule has 0 radical (unpaired) electrons. The van der Waals surface area contributed by atoms with Crippen LogP contribution in [0.3, 0.4) is 0 Å². The quantitative estimate of drug-likeness (QED) is 0.340. The molecule has 0 aliphatic carbocycles. The summed E-state index contributed by atoms with van der Waals surface area (Å²) in [6.07, 6.45) is 0.414. The van der Waals surface area contributed by atoms with Crippen molar-refractivity contribution in [2.75, 3.05) is 25.6 Å². The van der Waals surface area contributed by atoms with Gasteiger partial charge in [0, 0.05) is 19.8 Å². The number of thiocarbonyl (C=S) groups is 1. The Morgan fingerprint density at radius 3 is 2.36 bits per heavy atom. The normalized spacial score (nSPS) is 10.5. The third-order valence-corrected chi connectivity index (χ3v) is 3.77. The van der Waals surface area contributed by atoms with Crippen LogP contribution in [0.5, 0.6) is 0 Å². The first-order valence-corrected chi connectivity index (χ1v) is 6.62. The van der Waals surface area contributed by atoms with Gasteiger partial charge in [0.05, 0.1) is 5.75 Å². The molecule has 0 aromatic carbocycles. The van der Waals surface area contributed by atoms with Gasteiger partial charge in [-0.1, -0.05) is 24.0 Å². The fourth-order valence-corrected chi connectivity index (χ4v) is 2.19. The summed E-state index contributed by atoms with van der Waals surface area (Å²) in [4.78, 5) is 1.79. The van der Waals surface area contributed by atoms with E-state index >= 15 is 0 Å². The average Bonchev–Trinajstić information content (AvgIpc) is 1.95. The molecule has 0 saturated carbocycles. The molecule has 0 aromatic heterocycles. The van der Waals surface area contributed by atoms with Crippen molar-refractivity contribution in [2.45, 2.75) is 6.42 Å². The van der Waals surface area contributed by atoms with Crippen molar-refractivity contribution >= 4 is 68.0 Å². The van der Waals surface area contributed by atoms with Gasteiger partial charge in [0.15, 0.2) is 0 Å². The van der Waals surface area contributed by atoms with Crippen LogP contribution in [0.2, 0.25) is 0 Å². The minimum atomic E-state index is -3.81. The van der Waals surface area contributed by atoms with Crippen molar-refractivity contribution in [2.24, 2.45) is 0 Å². The van der Waals surface area contributed by atoms with E-state index < -0.39 is 10.1 Å². The van der Waals surface area contributed by atoms with Gasteiger partial charge in [-0.25, -0.2) is 0 Å². The van der Waals surface area contributed by atoms with Gasteiger partial charge >= 0.3 is 29.6 Å². The average molecular weight is 267 g/mol. The molecule has 0 atom stereocenters. The molecule has 0 heterocycles. The van der Waals surface area contributed by atoms with Crippen molar-refractivity contribution in [1.29, 1.82) is 0 Å². The molecule has 4 nitrogen and oxygen atoms in total. The van der Waals surface area contributed by atoms with E-state index in [1.807, 2.05) is 14.1 Å². The fraction of sp³-hybridized carbons (Fsp3) is 0.833. The maximum atomic E-state index is 10.3. The van der Waals surface area contributed by atoms with Crippen LogP contribution in [0, 0.1) is 0 Å². The molecule has 80 valence electrons. The molecule has 1 N–H and O–H groups in total. The Bertz CT molecular complexity index is 265. The second kappa shape index (κ2) is 8.32. The van der Waals surface area contributed by atoms with E-state index in [0.717, 1.165) is 4.32 Å². The predicted molar refractivity (Wildman–Crippen MR) is 66.9 cm³/mol. The van der Waals surface area contributed by atoms with Crippen LogP contribution < -0.4 is 0 Å². The first kappa shape index (κ1) is 17.5. The summed E-state index contributed by atoms with van der Waals surface area (Å²) in [7, 11) is -0.150. The SMILES string of the molecule is CN(C)C(=S)SCCCS(=O)(=O)O.[NaH]. The van der Waals surface area contributed by atoms with Crippen LogP contribution in [-0.4, -0.2) is 77.3 Å². The van der Waals surface area contributed by atoms with Gasteiger partial charge < -0.3 is 4.90 Å². The summed E-state index contributed by atoms with van der Waals surface area (Å²) in [6, 6.07) is 0. The molecule has 14 heavy (non-hydrogen) atoms. The van der Waals surface area contributed by atoms with E-state index in [2.05, 4.69) is 0 Å². The Kier molecular flexibility index (Phi) is 10.4. The summed E-state index contributed by atoms with van der Waals surface area (Å²) in [5.41, 5.74) is 0. The third-order valence-electron chi connectivity index (χ3n) is 1.14. The zero-order chi connectivity index (χ0) is 10.5. The van der Waals surface area contributed by atoms with Crippen molar-refractivity contribution < 1.29 is 13.0 Å². The standard InChI is InChI=1S/C6H13NO3S3.Na.H/c1-7(2)6(11)12-4-3-5-13(8,9)10;;/h3-5H2,1-2H3,(H,8,9,10);;. The molecule has 0 rings (SSSR count). The van der Waals surface area contributed by atoms with Crippen LogP contribution in [0.25, 0.3) is 0 Å². The minimum absolute atomic E-state index is 0. The Balaban J connectivity index is 0. The monoisotopic (exact) mass is 267 g/mol. The molecule has 0 aliphatic rings. The second-order valence-electron chi connectivity index (χ2n) is 2.65. The van der Waals surface area contributed by atoms with Crippen LogP contribution in [-0.2, 0) is 10.1 Å². The molecule has 0 aliphatic heterocycles. The van der Waals surface area contributed by atoms with Crippen molar-refractivity contribution in [3.05, 3.63) is 0 Å². The number of hydrogen-bond donors (Lipinski definition) is 1. The molecule has 0 fully saturated rings. The van der Waals surface area contributed by atoms with Gasteiger partial charge in [-0.2, -0.15) is 8.42 Å². The fourth-order valence-electron chi connectivity index (χ4n) is 0.530. The first-order valence-electron chi connectivity index (χ1n) is 3.62. The predicted octanol–water partition coefficient (Wildman–Crippen LogP) is 0.196.